The number of halogens is 1. The molecule has 0 aromatic heterocycles. The quantitative estimate of drug-likeness (QED) is 0.889. The van der Waals surface area contributed by atoms with E-state index in [0.29, 0.717) is 12.5 Å². The largest absolute Gasteiger partial charge is 0.493 e. The molecule has 1 aromatic carbocycles. The van der Waals surface area contributed by atoms with Gasteiger partial charge in [-0.3, -0.25) is 0 Å². The van der Waals surface area contributed by atoms with Crippen molar-refractivity contribution in [2.75, 3.05) is 6.61 Å². The van der Waals surface area contributed by atoms with Gasteiger partial charge in [0.05, 0.1) is 17.2 Å². The topological polar surface area (TPSA) is 29.5 Å². The van der Waals surface area contributed by atoms with E-state index in [1.165, 1.54) is 0 Å². The van der Waals surface area contributed by atoms with Crippen LogP contribution in [0, 0.1) is 5.92 Å². The fraction of sp³-hybridized carbons (Fsp3) is 0.538. The lowest BCUT2D eigenvalue weighted by atomic mass is 10.00. The predicted octanol–water partition coefficient (Wildman–Crippen LogP) is 3.93. The third-order valence-corrected chi connectivity index (χ3v) is 2.95. The minimum absolute atomic E-state index is 0.396. The average molecular weight is 287 g/mol. The fourth-order valence-electron chi connectivity index (χ4n) is 1.58. The molecule has 0 spiro atoms. The number of ether oxygens (including phenoxy) is 1. The Balaban J connectivity index is 2.79. The summed E-state index contributed by atoms with van der Waals surface area (Å²) in [7, 11) is 0. The number of hydrogen-bond donors (Lipinski definition) is 1. The monoisotopic (exact) mass is 286 g/mol. The van der Waals surface area contributed by atoms with Crippen LogP contribution in [0.4, 0.5) is 0 Å². The molecule has 0 radical (unpaired) electrons. The van der Waals surface area contributed by atoms with Gasteiger partial charge in [-0.2, -0.15) is 0 Å². The van der Waals surface area contributed by atoms with E-state index < -0.39 is 6.10 Å². The summed E-state index contributed by atoms with van der Waals surface area (Å²) >= 11 is 3.45. The fourth-order valence-corrected chi connectivity index (χ4v) is 2.09. The van der Waals surface area contributed by atoms with Crippen LogP contribution >= 0.6 is 15.9 Å². The van der Waals surface area contributed by atoms with Gasteiger partial charge in [0.2, 0.25) is 0 Å². The summed E-state index contributed by atoms with van der Waals surface area (Å²) in [4.78, 5) is 0. The van der Waals surface area contributed by atoms with E-state index in [0.717, 1.165) is 22.2 Å². The second kappa shape index (κ2) is 6.26. The molecular formula is C13H19BrO2. The third kappa shape index (κ3) is 3.80. The molecule has 2 nitrogen and oxygen atoms in total. The smallest absolute Gasteiger partial charge is 0.133 e. The van der Waals surface area contributed by atoms with Crippen molar-refractivity contribution in [1.82, 2.24) is 0 Å². The van der Waals surface area contributed by atoms with Crippen molar-refractivity contribution >= 4 is 15.9 Å². The summed E-state index contributed by atoms with van der Waals surface area (Å²) in [5, 5.41) is 9.97. The normalized spacial score (nSPS) is 12.9. The summed E-state index contributed by atoms with van der Waals surface area (Å²) in [6.45, 7) is 6.81. The molecule has 0 aliphatic carbocycles. The minimum atomic E-state index is -0.396. The molecule has 0 aliphatic rings. The summed E-state index contributed by atoms with van der Waals surface area (Å²) < 4.78 is 6.32. The standard InChI is InChI=1S/C13H19BrO2/c1-4-16-13-6-5-10(8-11(13)14)12(15)7-9(2)3/h5-6,8-9,12,15H,4,7H2,1-3H3. The molecule has 0 fully saturated rings. The maximum absolute atomic E-state index is 9.97. The van der Waals surface area contributed by atoms with Gasteiger partial charge in [0.25, 0.3) is 0 Å². The van der Waals surface area contributed by atoms with Gasteiger partial charge in [-0.15, -0.1) is 0 Å². The van der Waals surface area contributed by atoms with Crippen LogP contribution in [-0.4, -0.2) is 11.7 Å². The molecule has 3 heteroatoms. The van der Waals surface area contributed by atoms with Gasteiger partial charge in [0.15, 0.2) is 0 Å². The first-order chi connectivity index (χ1) is 7.54. The summed E-state index contributed by atoms with van der Waals surface area (Å²) in [6, 6.07) is 5.74. The van der Waals surface area contributed by atoms with E-state index in [1.807, 2.05) is 25.1 Å². The molecule has 0 bridgehead atoms. The van der Waals surface area contributed by atoms with Crippen LogP contribution in [0.5, 0.6) is 5.75 Å². The van der Waals surface area contributed by atoms with Crippen LogP contribution in [-0.2, 0) is 0 Å². The highest BCUT2D eigenvalue weighted by Gasteiger charge is 2.11. The highest BCUT2D eigenvalue weighted by atomic mass is 79.9. The van der Waals surface area contributed by atoms with Crippen molar-refractivity contribution in [2.24, 2.45) is 5.92 Å². The van der Waals surface area contributed by atoms with E-state index in [1.54, 1.807) is 0 Å². The third-order valence-electron chi connectivity index (χ3n) is 2.34. The maximum atomic E-state index is 9.97. The highest BCUT2D eigenvalue weighted by molar-refractivity contribution is 9.10. The maximum Gasteiger partial charge on any atom is 0.133 e. The van der Waals surface area contributed by atoms with Crippen molar-refractivity contribution in [3.63, 3.8) is 0 Å². The Labute approximate surface area is 106 Å². The van der Waals surface area contributed by atoms with Gasteiger partial charge in [0, 0.05) is 0 Å². The molecule has 1 aromatic rings. The van der Waals surface area contributed by atoms with Crippen LogP contribution in [0.15, 0.2) is 22.7 Å². The van der Waals surface area contributed by atoms with Gasteiger partial charge >= 0.3 is 0 Å². The van der Waals surface area contributed by atoms with Crippen LogP contribution in [0.2, 0.25) is 0 Å². The van der Waals surface area contributed by atoms with Gasteiger partial charge in [-0.1, -0.05) is 19.9 Å². The molecular weight excluding hydrogens is 268 g/mol. The number of benzene rings is 1. The molecule has 90 valence electrons. The zero-order valence-corrected chi connectivity index (χ0v) is 11.6. The van der Waals surface area contributed by atoms with Gasteiger partial charge in [-0.25, -0.2) is 0 Å². The van der Waals surface area contributed by atoms with Crippen LogP contribution < -0.4 is 4.74 Å². The van der Waals surface area contributed by atoms with E-state index in [9.17, 15) is 5.11 Å². The van der Waals surface area contributed by atoms with E-state index in [4.69, 9.17) is 4.74 Å². The van der Waals surface area contributed by atoms with Crippen molar-refractivity contribution in [3.05, 3.63) is 28.2 Å². The second-order valence-electron chi connectivity index (χ2n) is 4.27. The lowest BCUT2D eigenvalue weighted by Gasteiger charge is -2.15. The Morgan fingerprint density at radius 1 is 1.38 bits per heavy atom. The molecule has 0 saturated heterocycles. The van der Waals surface area contributed by atoms with Crippen molar-refractivity contribution in [1.29, 1.82) is 0 Å². The number of aliphatic hydroxyl groups excluding tert-OH is 1. The van der Waals surface area contributed by atoms with E-state index >= 15 is 0 Å². The minimum Gasteiger partial charge on any atom is -0.493 e. The lowest BCUT2D eigenvalue weighted by Crippen LogP contribution is -2.02. The van der Waals surface area contributed by atoms with Crippen molar-refractivity contribution in [3.8, 4) is 5.75 Å². The highest BCUT2D eigenvalue weighted by Crippen LogP contribution is 2.30. The molecule has 0 aliphatic heterocycles. The van der Waals surface area contributed by atoms with Crippen molar-refractivity contribution < 1.29 is 9.84 Å². The van der Waals surface area contributed by atoms with Crippen molar-refractivity contribution in [2.45, 2.75) is 33.3 Å². The molecule has 1 rings (SSSR count). The Hall–Kier alpha value is -0.540. The average Bonchev–Trinajstić information content (AvgIpc) is 2.20. The van der Waals surface area contributed by atoms with E-state index in [-0.39, 0.29) is 0 Å². The van der Waals surface area contributed by atoms with Gasteiger partial charge in [-0.05, 0) is 52.9 Å². The zero-order valence-electron chi connectivity index (χ0n) is 10.0. The first kappa shape index (κ1) is 13.5. The SMILES string of the molecule is CCOc1ccc(C(O)CC(C)C)cc1Br. The predicted molar refractivity (Wildman–Crippen MR) is 69.7 cm³/mol. The first-order valence-corrected chi connectivity index (χ1v) is 6.44. The second-order valence-corrected chi connectivity index (χ2v) is 5.12. The van der Waals surface area contributed by atoms with E-state index in [2.05, 4.69) is 29.8 Å². The van der Waals surface area contributed by atoms with Crippen LogP contribution in [0.25, 0.3) is 0 Å². The molecule has 1 unspecified atom stereocenters. The Morgan fingerprint density at radius 3 is 2.56 bits per heavy atom. The Morgan fingerprint density at radius 2 is 2.06 bits per heavy atom. The first-order valence-electron chi connectivity index (χ1n) is 5.64. The van der Waals surface area contributed by atoms with Crippen LogP contribution in [0.1, 0.15) is 38.9 Å². The summed E-state index contributed by atoms with van der Waals surface area (Å²) in [6.07, 6.45) is 0.382. The molecule has 16 heavy (non-hydrogen) atoms. The molecule has 0 amide bonds. The number of hydrogen-bond acceptors (Lipinski definition) is 2. The molecule has 1 N–H and O–H groups in total. The molecule has 0 heterocycles. The van der Waals surface area contributed by atoms with Gasteiger partial charge < -0.3 is 9.84 Å². The molecule has 0 saturated carbocycles. The molecule has 1 atom stereocenters. The Bertz CT molecular complexity index is 337. The summed E-state index contributed by atoms with van der Waals surface area (Å²) in [5.74, 6) is 1.31. The van der Waals surface area contributed by atoms with Crippen LogP contribution in [0.3, 0.4) is 0 Å². The lowest BCUT2D eigenvalue weighted by molar-refractivity contribution is 0.151. The summed E-state index contributed by atoms with van der Waals surface area (Å²) in [5.41, 5.74) is 0.934. The number of aliphatic hydroxyl groups is 1. The Kier molecular flexibility index (Phi) is 5.29. The zero-order chi connectivity index (χ0) is 12.1. The number of rotatable bonds is 5. The van der Waals surface area contributed by atoms with Gasteiger partial charge in [0.1, 0.15) is 5.75 Å².